The minimum atomic E-state index is 0.0151. The van der Waals surface area contributed by atoms with Crippen LogP contribution in [0.4, 0.5) is 0 Å². The molecule has 0 aliphatic carbocycles. The molecule has 0 aliphatic heterocycles. The molecule has 0 aromatic heterocycles. The van der Waals surface area contributed by atoms with Crippen molar-refractivity contribution in [3.8, 4) is 11.5 Å². The molecule has 7 heteroatoms. The Hall–Kier alpha value is -1.99. The largest absolute Gasteiger partial charge is 0.493 e. The van der Waals surface area contributed by atoms with Crippen molar-refractivity contribution in [2.45, 2.75) is 6.42 Å². The van der Waals surface area contributed by atoms with E-state index in [-0.39, 0.29) is 5.84 Å². The van der Waals surface area contributed by atoms with Crippen LogP contribution >= 0.6 is 0 Å². The highest BCUT2D eigenvalue weighted by molar-refractivity contribution is 5.97. The summed E-state index contributed by atoms with van der Waals surface area (Å²) in [7, 11) is 3.19. The number of oxime groups is 1. The second-order valence-electron chi connectivity index (χ2n) is 4.16. The lowest BCUT2D eigenvalue weighted by Crippen LogP contribution is -2.13. The van der Waals surface area contributed by atoms with Crippen LogP contribution in [0.2, 0.25) is 0 Å². The molecule has 0 saturated heterocycles. The summed E-state index contributed by atoms with van der Waals surface area (Å²) >= 11 is 0. The van der Waals surface area contributed by atoms with E-state index in [1.165, 1.54) is 7.11 Å². The first-order valence-electron chi connectivity index (χ1n) is 6.58. The third-order valence-corrected chi connectivity index (χ3v) is 2.69. The van der Waals surface area contributed by atoms with Gasteiger partial charge in [-0.25, -0.2) is 0 Å². The lowest BCUT2D eigenvalue weighted by atomic mass is 10.2. The highest BCUT2D eigenvalue weighted by atomic mass is 16.5. The quantitative estimate of drug-likeness (QED) is 0.222. The van der Waals surface area contributed by atoms with Gasteiger partial charge in [0.05, 0.1) is 13.7 Å². The molecule has 7 nitrogen and oxygen atoms in total. The number of amidine groups is 1. The predicted molar refractivity (Wildman–Crippen MR) is 78.3 cm³/mol. The van der Waals surface area contributed by atoms with Gasteiger partial charge in [0.2, 0.25) is 0 Å². The van der Waals surface area contributed by atoms with E-state index < -0.39 is 0 Å². The Morgan fingerprint density at radius 1 is 1.14 bits per heavy atom. The Balaban J connectivity index is 2.44. The average molecular weight is 298 g/mol. The minimum absolute atomic E-state index is 0.0151. The van der Waals surface area contributed by atoms with Gasteiger partial charge < -0.3 is 29.9 Å². The minimum Gasteiger partial charge on any atom is -0.493 e. The molecule has 0 aliphatic rings. The number of nitrogens with zero attached hydrogens (tertiary/aromatic N) is 1. The van der Waals surface area contributed by atoms with Crippen LogP contribution in [0.3, 0.4) is 0 Å². The molecule has 0 unspecified atom stereocenters. The Labute approximate surface area is 124 Å². The van der Waals surface area contributed by atoms with Crippen LogP contribution in [-0.2, 0) is 9.47 Å². The zero-order valence-corrected chi connectivity index (χ0v) is 12.4. The zero-order chi connectivity index (χ0) is 15.5. The van der Waals surface area contributed by atoms with Crippen molar-refractivity contribution >= 4 is 5.84 Å². The van der Waals surface area contributed by atoms with Gasteiger partial charge >= 0.3 is 0 Å². The van der Waals surface area contributed by atoms with Crippen molar-refractivity contribution in [1.82, 2.24) is 0 Å². The molecule has 0 bridgehead atoms. The van der Waals surface area contributed by atoms with Crippen LogP contribution in [0, 0.1) is 0 Å². The number of rotatable bonds is 10. The molecule has 0 amide bonds. The van der Waals surface area contributed by atoms with E-state index in [0.29, 0.717) is 43.5 Å². The van der Waals surface area contributed by atoms with Crippen molar-refractivity contribution in [2.75, 3.05) is 40.6 Å². The first-order valence-corrected chi connectivity index (χ1v) is 6.58. The van der Waals surface area contributed by atoms with Crippen LogP contribution < -0.4 is 15.2 Å². The lowest BCUT2D eigenvalue weighted by Gasteiger charge is -2.12. The van der Waals surface area contributed by atoms with Gasteiger partial charge in [-0.1, -0.05) is 5.16 Å². The lowest BCUT2D eigenvalue weighted by molar-refractivity contribution is 0.0799. The molecule has 0 heterocycles. The van der Waals surface area contributed by atoms with E-state index in [9.17, 15) is 0 Å². The Bertz CT molecular complexity index is 451. The Morgan fingerprint density at radius 2 is 1.95 bits per heavy atom. The molecule has 0 atom stereocenters. The SMILES string of the molecule is COCCCOCCOc1ccc(/C(N)=N/O)cc1OC. The summed E-state index contributed by atoms with van der Waals surface area (Å²) in [4.78, 5) is 0. The number of hydrogen-bond acceptors (Lipinski definition) is 6. The van der Waals surface area contributed by atoms with Gasteiger partial charge in [0.1, 0.15) is 6.61 Å². The highest BCUT2D eigenvalue weighted by Crippen LogP contribution is 2.27. The fourth-order valence-electron chi connectivity index (χ4n) is 1.62. The molecule has 1 aromatic rings. The third kappa shape index (κ3) is 5.88. The zero-order valence-electron chi connectivity index (χ0n) is 12.4. The standard InChI is InChI=1S/C14H22N2O5/c1-18-6-3-7-20-8-9-21-12-5-4-11(14(15)16-17)10-13(12)19-2/h4-5,10,17H,3,6-9H2,1-2H3,(H2,15,16). The first-order chi connectivity index (χ1) is 10.2. The van der Waals surface area contributed by atoms with E-state index >= 15 is 0 Å². The van der Waals surface area contributed by atoms with Crippen LogP contribution in [0.15, 0.2) is 23.4 Å². The van der Waals surface area contributed by atoms with Gasteiger partial charge in [0.15, 0.2) is 17.3 Å². The normalized spacial score (nSPS) is 11.4. The predicted octanol–water partition coefficient (Wildman–Crippen LogP) is 1.22. The summed E-state index contributed by atoms with van der Waals surface area (Å²) in [6.07, 6.45) is 0.855. The molecule has 0 fully saturated rings. The Morgan fingerprint density at radius 3 is 2.62 bits per heavy atom. The number of hydrogen-bond donors (Lipinski definition) is 2. The van der Waals surface area contributed by atoms with E-state index in [0.717, 1.165) is 6.42 Å². The first kappa shape index (κ1) is 17.1. The fourth-order valence-corrected chi connectivity index (χ4v) is 1.62. The van der Waals surface area contributed by atoms with Crippen molar-refractivity contribution in [1.29, 1.82) is 0 Å². The summed E-state index contributed by atoms with van der Waals surface area (Å²) in [6.45, 7) is 2.21. The molecule has 3 N–H and O–H groups in total. The molecule has 0 radical (unpaired) electrons. The number of nitrogens with two attached hydrogens (primary N) is 1. The second kappa shape index (κ2) is 9.84. The maximum Gasteiger partial charge on any atom is 0.170 e. The number of methoxy groups -OCH3 is 2. The van der Waals surface area contributed by atoms with Crippen molar-refractivity contribution < 1.29 is 24.2 Å². The van der Waals surface area contributed by atoms with E-state index in [1.807, 2.05) is 0 Å². The summed E-state index contributed by atoms with van der Waals surface area (Å²) in [6, 6.07) is 5.04. The van der Waals surface area contributed by atoms with Gasteiger partial charge in [-0.3, -0.25) is 0 Å². The average Bonchev–Trinajstić information content (AvgIpc) is 2.53. The smallest absolute Gasteiger partial charge is 0.170 e. The van der Waals surface area contributed by atoms with Crippen molar-refractivity contribution in [3.05, 3.63) is 23.8 Å². The van der Waals surface area contributed by atoms with E-state index in [2.05, 4.69) is 5.16 Å². The molecule has 118 valence electrons. The summed E-state index contributed by atoms with van der Waals surface area (Å²) < 4.78 is 21.1. The molecular formula is C14H22N2O5. The van der Waals surface area contributed by atoms with Gasteiger partial charge in [-0.15, -0.1) is 0 Å². The summed E-state index contributed by atoms with van der Waals surface area (Å²) in [5.74, 6) is 1.10. The van der Waals surface area contributed by atoms with Gasteiger partial charge in [-0.2, -0.15) is 0 Å². The summed E-state index contributed by atoms with van der Waals surface area (Å²) in [5, 5.41) is 11.6. The van der Waals surface area contributed by atoms with E-state index in [4.69, 9.17) is 29.9 Å². The van der Waals surface area contributed by atoms with Crippen molar-refractivity contribution in [3.63, 3.8) is 0 Å². The molecule has 0 spiro atoms. The fraction of sp³-hybridized carbons (Fsp3) is 0.500. The van der Waals surface area contributed by atoms with Crippen LogP contribution in [0.5, 0.6) is 11.5 Å². The van der Waals surface area contributed by atoms with Gasteiger partial charge in [0.25, 0.3) is 0 Å². The Kier molecular flexibility index (Phi) is 8.00. The van der Waals surface area contributed by atoms with Gasteiger partial charge in [-0.05, 0) is 24.6 Å². The monoisotopic (exact) mass is 298 g/mol. The van der Waals surface area contributed by atoms with Crippen molar-refractivity contribution in [2.24, 2.45) is 10.9 Å². The molecule has 1 aromatic carbocycles. The van der Waals surface area contributed by atoms with Crippen LogP contribution in [0.1, 0.15) is 12.0 Å². The second-order valence-corrected chi connectivity index (χ2v) is 4.16. The maximum atomic E-state index is 8.65. The number of ether oxygens (including phenoxy) is 4. The molecular weight excluding hydrogens is 276 g/mol. The topological polar surface area (TPSA) is 95.5 Å². The third-order valence-electron chi connectivity index (χ3n) is 2.69. The molecule has 0 saturated carbocycles. The number of benzene rings is 1. The highest BCUT2D eigenvalue weighted by Gasteiger charge is 2.08. The van der Waals surface area contributed by atoms with Crippen LogP contribution in [0.25, 0.3) is 0 Å². The molecule has 1 rings (SSSR count). The van der Waals surface area contributed by atoms with E-state index in [1.54, 1.807) is 25.3 Å². The van der Waals surface area contributed by atoms with Crippen LogP contribution in [-0.4, -0.2) is 51.7 Å². The maximum absolute atomic E-state index is 8.65. The molecule has 21 heavy (non-hydrogen) atoms. The summed E-state index contributed by atoms with van der Waals surface area (Å²) in [5.41, 5.74) is 6.07. The van der Waals surface area contributed by atoms with Gasteiger partial charge in [0, 0.05) is 25.9 Å².